The van der Waals surface area contributed by atoms with E-state index in [1.54, 1.807) is 68.6 Å². The summed E-state index contributed by atoms with van der Waals surface area (Å²) in [7, 11) is -2.45. The van der Waals surface area contributed by atoms with Gasteiger partial charge in [-0.2, -0.15) is 5.10 Å². The number of pyridine rings is 1. The highest BCUT2D eigenvalue weighted by molar-refractivity contribution is 7.92. The number of carbonyl (C=O) groups is 1. The Morgan fingerprint density at radius 1 is 1.08 bits per heavy atom. The summed E-state index contributed by atoms with van der Waals surface area (Å²) in [5.41, 5.74) is 5.57. The number of rotatable bonds is 8. The largest absolute Gasteiger partial charge is 0.497 e. The normalized spacial score (nSPS) is 11.6. The molecule has 1 N–H and O–H groups in total. The van der Waals surface area contributed by atoms with Crippen molar-refractivity contribution in [2.24, 2.45) is 5.10 Å². The van der Waals surface area contributed by atoms with E-state index in [0.717, 1.165) is 15.3 Å². The van der Waals surface area contributed by atoms with Gasteiger partial charge in [-0.15, -0.1) is 0 Å². The highest BCUT2D eigenvalue weighted by Crippen LogP contribution is 2.27. The number of aryl methyl sites for hydroxylation is 2. The summed E-state index contributed by atoms with van der Waals surface area (Å²) in [5, 5.41) is 4.99. The zero-order valence-corrected chi connectivity index (χ0v) is 22.0. The van der Waals surface area contributed by atoms with E-state index in [2.05, 4.69) is 15.5 Å². The number of hydrogen-bond acceptors (Lipinski definition) is 6. The molecule has 0 unspecified atom stereocenters. The van der Waals surface area contributed by atoms with Gasteiger partial charge in [-0.3, -0.25) is 9.10 Å². The molecule has 8 nitrogen and oxygen atoms in total. The zero-order chi connectivity index (χ0) is 26.6. The van der Waals surface area contributed by atoms with Crippen LogP contribution < -0.4 is 14.5 Å². The molecular formula is C27H25ClN4O4S. The Bertz CT molecular complexity index is 1590. The van der Waals surface area contributed by atoms with Gasteiger partial charge in [0.15, 0.2) is 0 Å². The molecule has 0 saturated heterocycles. The van der Waals surface area contributed by atoms with Crippen LogP contribution in [0.25, 0.3) is 10.9 Å². The first-order valence-corrected chi connectivity index (χ1v) is 13.1. The van der Waals surface area contributed by atoms with Crippen molar-refractivity contribution in [2.45, 2.75) is 18.7 Å². The van der Waals surface area contributed by atoms with Crippen molar-refractivity contribution >= 4 is 50.3 Å². The number of benzene rings is 3. The van der Waals surface area contributed by atoms with Gasteiger partial charge in [0.1, 0.15) is 17.4 Å². The second kappa shape index (κ2) is 11.0. The minimum absolute atomic E-state index is 0.0864. The first-order valence-electron chi connectivity index (χ1n) is 11.3. The van der Waals surface area contributed by atoms with Crippen molar-refractivity contribution in [1.29, 1.82) is 0 Å². The molecule has 0 aliphatic heterocycles. The second-order valence-corrected chi connectivity index (χ2v) is 10.6. The lowest BCUT2D eigenvalue weighted by molar-refractivity contribution is -0.119. The van der Waals surface area contributed by atoms with E-state index in [-0.39, 0.29) is 10.0 Å². The summed E-state index contributed by atoms with van der Waals surface area (Å²) in [6.07, 6.45) is 1.36. The molecule has 0 aliphatic rings. The molecule has 0 atom stereocenters. The Balaban J connectivity index is 1.56. The average molecular weight is 537 g/mol. The third kappa shape index (κ3) is 5.90. The summed E-state index contributed by atoms with van der Waals surface area (Å²) in [4.78, 5) is 17.3. The minimum atomic E-state index is -4.02. The van der Waals surface area contributed by atoms with Crippen LogP contribution in [-0.4, -0.2) is 39.2 Å². The van der Waals surface area contributed by atoms with Crippen LogP contribution in [0.5, 0.6) is 5.75 Å². The van der Waals surface area contributed by atoms with Gasteiger partial charge in [-0.1, -0.05) is 47.5 Å². The third-order valence-electron chi connectivity index (χ3n) is 5.68. The lowest BCUT2D eigenvalue weighted by atomic mass is 10.1. The van der Waals surface area contributed by atoms with Crippen LogP contribution in [0.2, 0.25) is 5.15 Å². The quantitative estimate of drug-likeness (QED) is 0.197. The maximum absolute atomic E-state index is 13.5. The number of methoxy groups -OCH3 is 1. The summed E-state index contributed by atoms with van der Waals surface area (Å²) < 4.78 is 33.3. The molecule has 0 spiro atoms. The number of fused-ring (bicyclic) bond motifs is 1. The fraction of sp³-hybridized carbons (Fsp3) is 0.148. The van der Waals surface area contributed by atoms with Gasteiger partial charge >= 0.3 is 0 Å². The number of para-hydroxylation sites is 1. The van der Waals surface area contributed by atoms with Gasteiger partial charge in [0.05, 0.1) is 29.4 Å². The fourth-order valence-corrected chi connectivity index (χ4v) is 5.36. The van der Waals surface area contributed by atoms with E-state index in [4.69, 9.17) is 16.3 Å². The maximum Gasteiger partial charge on any atom is 0.264 e. The number of hydrazone groups is 1. The standard InChI is InChI=1S/C27H25ClN4O4S/c1-18-8-12-23(13-9-18)37(34,35)32(25-7-5-4-6-19(25)2)17-26(33)31-29-16-21-14-20-10-11-22(36-3)15-24(20)30-27(21)28/h4-16H,17H2,1-3H3,(H,31,33)/b29-16+. The summed E-state index contributed by atoms with van der Waals surface area (Å²) in [6.45, 7) is 3.18. The Morgan fingerprint density at radius 3 is 2.51 bits per heavy atom. The predicted octanol–water partition coefficient (Wildman–Crippen LogP) is 4.86. The smallest absolute Gasteiger partial charge is 0.264 e. The van der Waals surface area contributed by atoms with Crippen LogP contribution >= 0.6 is 11.6 Å². The van der Waals surface area contributed by atoms with E-state index in [9.17, 15) is 13.2 Å². The predicted molar refractivity (Wildman–Crippen MR) is 146 cm³/mol. The van der Waals surface area contributed by atoms with Crippen molar-refractivity contribution in [3.63, 3.8) is 0 Å². The minimum Gasteiger partial charge on any atom is -0.497 e. The fourth-order valence-electron chi connectivity index (χ4n) is 3.68. The van der Waals surface area contributed by atoms with Gasteiger partial charge in [0.25, 0.3) is 15.9 Å². The number of sulfonamides is 1. The third-order valence-corrected chi connectivity index (χ3v) is 7.76. The van der Waals surface area contributed by atoms with E-state index in [0.29, 0.717) is 28.1 Å². The van der Waals surface area contributed by atoms with Gasteiger partial charge in [-0.25, -0.2) is 18.8 Å². The molecule has 0 fully saturated rings. The van der Waals surface area contributed by atoms with Crippen LogP contribution in [-0.2, 0) is 14.8 Å². The number of aromatic nitrogens is 1. The van der Waals surface area contributed by atoms with Crippen molar-refractivity contribution in [3.05, 3.63) is 94.6 Å². The number of carbonyl (C=O) groups excluding carboxylic acids is 1. The summed E-state index contributed by atoms with van der Waals surface area (Å²) >= 11 is 6.29. The number of hydrogen-bond donors (Lipinski definition) is 1. The molecule has 0 bridgehead atoms. The molecule has 0 radical (unpaired) electrons. The topological polar surface area (TPSA) is 101 Å². The first-order chi connectivity index (χ1) is 17.7. The number of nitrogens with one attached hydrogen (secondary N) is 1. The van der Waals surface area contributed by atoms with Crippen molar-refractivity contribution < 1.29 is 17.9 Å². The molecule has 1 amide bonds. The molecule has 1 heterocycles. The molecule has 0 aliphatic carbocycles. The van der Waals surface area contributed by atoms with E-state index >= 15 is 0 Å². The van der Waals surface area contributed by atoms with Crippen molar-refractivity contribution in [2.75, 3.05) is 18.0 Å². The van der Waals surface area contributed by atoms with E-state index < -0.39 is 22.5 Å². The van der Waals surface area contributed by atoms with Crippen LogP contribution in [0.4, 0.5) is 5.69 Å². The summed E-state index contributed by atoms with van der Waals surface area (Å²) in [5.74, 6) is 0.0355. The molecule has 10 heteroatoms. The Morgan fingerprint density at radius 2 is 1.81 bits per heavy atom. The highest BCUT2D eigenvalue weighted by atomic mass is 35.5. The molecule has 3 aromatic carbocycles. The molecule has 37 heavy (non-hydrogen) atoms. The maximum atomic E-state index is 13.5. The molecule has 190 valence electrons. The monoisotopic (exact) mass is 536 g/mol. The number of amides is 1. The van der Waals surface area contributed by atoms with E-state index in [1.165, 1.54) is 18.3 Å². The first kappa shape index (κ1) is 26.1. The van der Waals surface area contributed by atoms with Crippen molar-refractivity contribution in [3.8, 4) is 5.75 Å². The highest BCUT2D eigenvalue weighted by Gasteiger charge is 2.28. The Labute approximate surface area is 220 Å². The molecule has 1 aromatic heterocycles. The molecule has 0 saturated carbocycles. The molecular weight excluding hydrogens is 512 g/mol. The zero-order valence-electron chi connectivity index (χ0n) is 20.5. The molecule has 4 rings (SSSR count). The number of ether oxygens (including phenoxy) is 1. The van der Waals surface area contributed by atoms with Crippen LogP contribution in [0.15, 0.2) is 82.8 Å². The van der Waals surface area contributed by atoms with Crippen LogP contribution in [0.3, 0.4) is 0 Å². The number of halogens is 1. The molecule has 4 aromatic rings. The van der Waals surface area contributed by atoms with E-state index in [1.807, 2.05) is 13.0 Å². The Kier molecular flexibility index (Phi) is 7.75. The lowest BCUT2D eigenvalue weighted by Gasteiger charge is -2.25. The van der Waals surface area contributed by atoms with Gasteiger partial charge in [-0.05, 0) is 55.8 Å². The van der Waals surface area contributed by atoms with Crippen LogP contribution in [0.1, 0.15) is 16.7 Å². The van der Waals surface area contributed by atoms with Gasteiger partial charge in [0, 0.05) is 17.0 Å². The Hall–Kier alpha value is -3.95. The van der Waals surface area contributed by atoms with Crippen molar-refractivity contribution in [1.82, 2.24) is 10.4 Å². The SMILES string of the molecule is COc1ccc2cc(/C=N/NC(=O)CN(c3ccccc3C)S(=O)(=O)c3ccc(C)cc3)c(Cl)nc2c1. The van der Waals surface area contributed by atoms with Gasteiger partial charge in [0.2, 0.25) is 0 Å². The second-order valence-electron chi connectivity index (χ2n) is 8.33. The van der Waals surface area contributed by atoms with Crippen LogP contribution in [0, 0.1) is 13.8 Å². The lowest BCUT2D eigenvalue weighted by Crippen LogP contribution is -2.40. The number of nitrogens with zero attached hydrogens (tertiary/aromatic N) is 3. The average Bonchev–Trinajstić information content (AvgIpc) is 2.88. The van der Waals surface area contributed by atoms with Gasteiger partial charge < -0.3 is 4.74 Å². The number of anilines is 1. The summed E-state index contributed by atoms with van der Waals surface area (Å²) in [6, 6.07) is 20.6.